The number of aliphatic carboxylic acids is 1. The van der Waals surface area contributed by atoms with Crippen LogP contribution in [0.2, 0.25) is 0 Å². The fraction of sp³-hybridized carbons (Fsp3) is 0.412. The summed E-state index contributed by atoms with van der Waals surface area (Å²) in [6.07, 6.45) is 0.979. The summed E-state index contributed by atoms with van der Waals surface area (Å²) in [6.45, 7) is 5.58. The highest BCUT2D eigenvalue weighted by atomic mass is 16.4. The Balaban J connectivity index is 2.33. The Labute approximate surface area is 129 Å². The van der Waals surface area contributed by atoms with Crippen molar-refractivity contribution in [1.29, 1.82) is 0 Å². The molecule has 22 heavy (non-hydrogen) atoms. The third kappa shape index (κ3) is 2.98. The summed E-state index contributed by atoms with van der Waals surface area (Å²) >= 11 is 0. The molecule has 0 aliphatic heterocycles. The number of benzene rings is 1. The lowest BCUT2D eigenvalue weighted by atomic mass is 9.88. The van der Waals surface area contributed by atoms with Gasteiger partial charge >= 0.3 is 5.97 Å². The molecule has 0 atom stereocenters. The van der Waals surface area contributed by atoms with Crippen LogP contribution in [-0.4, -0.2) is 22.5 Å². The maximum Gasteiger partial charge on any atom is 0.305 e. The number of carbonyl (C=O) groups excluding carboxylic acids is 1. The fourth-order valence-electron chi connectivity index (χ4n) is 2.70. The van der Waals surface area contributed by atoms with Gasteiger partial charge in [0.25, 0.3) is 5.91 Å². The molecule has 2 aromatic rings. The van der Waals surface area contributed by atoms with Crippen LogP contribution in [0.15, 0.2) is 28.7 Å². The molecular weight excluding hydrogens is 282 g/mol. The Morgan fingerprint density at radius 3 is 2.41 bits per heavy atom. The van der Waals surface area contributed by atoms with Crippen LogP contribution < -0.4 is 5.32 Å². The molecule has 2 rings (SSSR count). The molecule has 1 heterocycles. The van der Waals surface area contributed by atoms with E-state index in [2.05, 4.69) is 5.32 Å². The number of amides is 1. The number of carbonyl (C=O) groups is 2. The predicted octanol–water partition coefficient (Wildman–Crippen LogP) is 3.50. The molecule has 0 bridgehead atoms. The van der Waals surface area contributed by atoms with E-state index in [1.165, 1.54) is 0 Å². The zero-order valence-electron chi connectivity index (χ0n) is 13.1. The van der Waals surface area contributed by atoms with E-state index in [0.29, 0.717) is 18.4 Å². The van der Waals surface area contributed by atoms with Crippen LogP contribution in [-0.2, 0) is 4.79 Å². The van der Waals surface area contributed by atoms with Gasteiger partial charge in [0.05, 0.1) is 12.0 Å². The molecule has 1 aromatic heterocycles. The average molecular weight is 303 g/mol. The van der Waals surface area contributed by atoms with E-state index in [1.807, 2.05) is 45.0 Å². The number of nitrogens with one attached hydrogen (secondary N) is 1. The predicted molar refractivity (Wildman–Crippen MR) is 84.0 cm³/mol. The first-order valence-corrected chi connectivity index (χ1v) is 7.45. The molecule has 0 aliphatic carbocycles. The Kier molecular flexibility index (Phi) is 4.54. The van der Waals surface area contributed by atoms with Crippen LogP contribution in [0.25, 0.3) is 11.0 Å². The van der Waals surface area contributed by atoms with E-state index in [0.717, 1.165) is 10.9 Å². The van der Waals surface area contributed by atoms with Gasteiger partial charge in [-0.05, 0) is 25.8 Å². The van der Waals surface area contributed by atoms with Crippen LogP contribution in [0.4, 0.5) is 0 Å². The van der Waals surface area contributed by atoms with E-state index in [-0.39, 0.29) is 18.1 Å². The fourth-order valence-corrected chi connectivity index (χ4v) is 2.70. The van der Waals surface area contributed by atoms with Crippen LogP contribution in [0.1, 0.15) is 49.2 Å². The lowest BCUT2D eigenvalue weighted by molar-refractivity contribution is -0.138. The Hall–Kier alpha value is -2.30. The number of carboxylic acids is 1. The van der Waals surface area contributed by atoms with Crippen molar-refractivity contribution in [1.82, 2.24) is 5.32 Å². The van der Waals surface area contributed by atoms with Gasteiger partial charge in [0.15, 0.2) is 5.76 Å². The van der Waals surface area contributed by atoms with Crippen molar-refractivity contribution in [3.8, 4) is 0 Å². The Morgan fingerprint density at radius 1 is 1.23 bits per heavy atom. The third-order valence-electron chi connectivity index (χ3n) is 4.27. The number of carboxylic acid groups (broad SMARTS) is 1. The van der Waals surface area contributed by atoms with Gasteiger partial charge in [-0.1, -0.05) is 32.0 Å². The van der Waals surface area contributed by atoms with Crippen LogP contribution in [0.5, 0.6) is 0 Å². The largest absolute Gasteiger partial charge is 0.481 e. The molecule has 0 aliphatic rings. The number of para-hydroxylation sites is 1. The number of furan rings is 1. The lowest BCUT2D eigenvalue weighted by Gasteiger charge is -2.31. The summed E-state index contributed by atoms with van der Waals surface area (Å²) < 4.78 is 5.64. The number of hydrogen-bond donors (Lipinski definition) is 2. The highest BCUT2D eigenvalue weighted by molar-refractivity contribution is 5.99. The quantitative estimate of drug-likeness (QED) is 0.856. The van der Waals surface area contributed by atoms with E-state index >= 15 is 0 Å². The molecule has 0 spiro atoms. The van der Waals surface area contributed by atoms with Gasteiger partial charge in [0.1, 0.15) is 5.58 Å². The maximum absolute atomic E-state index is 12.6. The number of hydrogen-bond acceptors (Lipinski definition) is 3. The van der Waals surface area contributed by atoms with E-state index in [9.17, 15) is 9.59 Å². The first-order valence-electron chi connectivity index (χ1n) is 7.45. The first kappa shape index (κ1) is 16.1. The molecule has 0 radical (unpaired) electrons. The molecule has 1 amide bonds. The Bertz CT molecular complexity index is 698. The molecule has 0 fully saturated rings. The summed E-state index contributed by atoms with van der Waals surface area (Å²) in [5.74, 6) is -1.04. The molecule has 118 valence electrons. The van der Waals surface area contributed by atoms with Crippen molar-refractivity contribution in [2.75, 3.05) is 0 Å². The summed E-state index contributed by atoms with van der Waals surface area (Å²) in [4.78, 5) is 23.6. The second kappa shape index (κ2) is 6.22. The summed E-state index contributed by atoms with van der Waals surface area (Å²) in [5.41, 5.74) is 0.667. The van der Waals surface area contributed by atoms with Crippen LogP contribution in [0.3, 0.4) is 0 Å². The molecule has 2 N–H and O–H groups in total. The highest BCUT2D eigenvalue weighted by Crippen LogP contribution is 2.27. The smallest absolute Gasteiger partial charge is 0.305 e. The van der Waals surface area contributed by atoms with Crippen LogP contribution >= 0.6 is 0 Å². The van der Waals surface area contributed by atoms with Crippen LogP contribution in [0, 0.1) is 6.92 Å². The van der Waals surface area contributed by atoms with Crippen molar-refractivity contribution in [3.63, 3.8) is 0 Å². The van der Waals surface area contributed by atoms with Gasteiger partial charge in [0, 0.05) is 10.9 Å². The topological polar surface area (TPSA) is 79.5 Å². The van der Waals surface area contributed by atoms with E-state index in [1.54, 1.807) is 0 Å². The van der Waals surface area contributed by atoms with Gasteiger partial charge in [0.2, 0.25) is 0 Å². The first-order chi connectivity index (χ1) is 10.4. The molecule has 1 aromatic carbocycles. The minimum atomic E-state index is -0.926. The highest BCUT2D eigenvalue weighted by Gasteiger charge is 2.32. The third-order valence-corrected chi connectivity index (χ3v) is 4.27. The van der Waals surface area contributed by atoms with Gasteiger partial charge < -0.3 is 14.8 Å². The minimum absolute atomic E-state index is 0.106. The summed E-state index contributed by atoms with van der Waals surface area (Å²) in [5, 5.41) is 12.8. The normalized spacial score (nSPS) is 11.6. The van der Waals surface area contributed by atoms with Crippen molar-refractivity contribution in [2.45, 2.75) is 45.6 Å². The van der Waals surface area contributed by atoms with Crippen molar-refractivity contribution < 1.29 is 19.1 Å². The number of rotatable bonds is 6. The van der Waals surface area contributed by atoms with Gasteiger partial charge in [-0.15, -0.1) is 0 Å². The number of aryl methyl sites for hydroxylation is 1. The summed E-state index contributed by atoms with van der Waals surface area (Å²) in [7, 11) is 0. The second-order valence-corrected chi connectivity index (χ2v) is 5.56. The van der Waals surface area contributed by atoms with Crippen molar-refractivity contribution in [3.05, 3.63) is 35.6 Å². The average Bonchev–Trinajstić information content (AvgIpc) is 2.84. The molecule has 5 heteroatoms. The van der Waals surface area contributed by atoms with Gasteiger partial charge in [-0.2, -0.15) is 0 Å². The maximum atomic E-state index is 12.6. The molecule has 0 saturated carbocycles. The molecule has 0 saturated heterocycles. The standard InChI is InChI=1S/C17H21NO4/c1-4-17(5-2,10-14(19)20)18-16(21)15-11(3)12-8-6-7-9-13(12)22-15/h6-9H,4-5,10H2,1-3H3,(H,18,21)(H,19,20). The monoisotopic (exact) mass is 303 g/mol. The van der Waals surface area contributed by atoms with Gasteiger partial charge in [-0.3, -0.25) is 9.59 Å². The van der Waals surface area contributed by atoms with Crippen molar-refractivity contribution in [2.24, 2.45) is 0 Å². The molecule has 0 unspecified atom stereocenters. The Morgan fingerprint density at radius 2 is 1.86 bits per heavy atom. The lowest BCUT2D eigenvalue weighted by Crippen LogP contribution is -2.49. The molecular formula is C17H21NO4. The zero-order chi connectivity index (χ0) is 16.3. The zero-order valence-corrected chi connectivity index (χ0v) is 13.1. The minimum Gasteiger partial charge on any atom is -0.481 e. The SMILES string of the molecule is CCC(CC)(CC(=O)O)NC(=O)c1oc2ccccc2c1C. The van der Waals surface area contributed by atoms with E-state index in [4.69, 9.17) is 9.52 Å². The van der Waals surface area contributed by atoms with Crippen molar-refractivity contribution >= 4 is 22.8 Å². The number of fused-ring (bicyclic) bond motifs is 1. The summed E-state index contributed by atoms with van der Waals surface area (Å²) in [6, 6.07) is 7.44. The van der Waals surface area contributed by atoms with Gasteiger partial charge in [-0.25, -0.2) is 0 Å². The van der Waals surface area contributed by atoms with E-state index < -0.39 is 11.5 Å². The second-order valence-electron chi connectivity index (χ2n) is 5.56. The molecule has 5 nitrogen and oxygen atoms in total.